The molecular weight excluding hydrogens is 366 g/mol. The molecule has 2 aromatic rings. The minimum atomic E-state index is 0.558. The number of benzene rings is 1. The van der Waals surface area contributed by atoms with E-state index in [1.807, 2.05) is 24.3 Å². The maximum absolute atomic E-state index is 5.60. The van der Waals surface area contributed by atoms with Crippen molar-refractivity contribution in [1.29, 1.82) is 0 Å². The summed E-state index contributed by atoms with van der Waals surface area (Å²) in [7, 11) is 4.77. The molecule has 1 fully saturated rings. The van der Waals surface area contributed by atoms with Gasteiger partial charge in [0, 0.05) is 44.0 Å². The molecule has 27 heavy (non-hydrogen) atoms. The van der Waals surface area contributed by atoms with Crippen LogP contribution in [-0.4, -0.2) is 62.4 Å². The number of piperazine rings is 1. The van der Waals surface area contributed by atoms with Gasteiger partial charge in [-0.2, -0.15) is 0 Å². The Morgan fingerprint density at radius 2 is 1.74 bits per heavy atom. The number of anilines is 1. The molecule has 0 radical (unpaired) electrons. The van der Waals surface area contributed by atoms with Crippen LogP contribution in [0.2, 0.25) is 0 Å². The highest BCUT2D eigenvalue weighted by atomic mass is 32.1. The molecule has 1 aliphatic rings. The average molecular weight is 391 g/mol. The predicted molar refractivity (Wildman–Crippen MR) is 108 cm³/mol. The van der Waals surface area contributed by atoms with Crippen molar-refractivity contribution in [2.75, 3.05) is 52.8 Å². The summed E-state index contributed by atoms with van der Waals surface area (Å²) < 4.78 is 21.6. The Bertz CT molecular complexity index is 733. The molecule has 146 valence electrons. The molecule has 1 aromatic heterocycles. The van der Waals surface area contributed by atoms with Crippen LogP contribution < -0.4 is 19.5 Å². The number of thiocarbonyl (C=S) groups is 1. The summed E-state index contributed by atoms with van der Waals surface area (Å²) in [5, 5.41) is 3.96. The van der Waals surface area contributed by atoms with E-state index in [0.717, 1.165) is 44.2 Å². The fraction of sp³-hybridized carbons (Fsp3) is 0.421. The molecular formula is C19H25N3O4S. The molecule has 0 amide bonds. The van der Waals surface area contributed by atoms with E-state index in [1.54, 1.807) is 27.6 Å². The van der Waals surface area contributed by atoms with Crippen LogP contribution in [0.25, 0.3) is 0 Å². The Morgan fingerprint density at radius 3 is 2.26 bits per heavy atom. The molecule has 0 aliphatic carbocycles. The van der Waals surface area contributed by atoms with Gasteiger partial charge in [-0.3, -0.25) is 4.90 Å². The van der Waals surface area contributed by atoms with E-state index in [1.165, 1.54) is 0 Å². The van der Waals surface area contributed by atoms with E-state index < -0.39 is 0 Å². The fourth-order valence-electron chi connectivity index (χ4n) is 3.09. The molecule has 1 N–H and O–H groups in total. The lowest BCUT2D eigenvalue weighted by molar-refractivity contribution is 0.166. The van der Waals surface area contributed by atoms with Crippen LogP contribution in [0.15, 0.2) is 34.9 Å². The van der Waals surface area contributed by atoms with Crippen LogP contribution >= 0.6 is 12.2 Å². The zero-order valence-electron chi connectivity index (χ0n) is 15.9. The highest BCUT2D eigenvalue weighted by molar-refractivity contribution is 7.80. The van der Waals surface area contributed by atoms with E-state index in [-0.39, 0.29) is 0 Å². The Labute approximate surface area is 164 Å². The second-order valence-corrected chi connectivity index (χ2v) is 6.57. The molecule has 0 atom stereocenters. The van der Waals surface area contributed by atoms with Crippen molar-refractivity contribution < 1.29 is 18.6 Å². The summed E-state index contributed by atoms with van der Waals surface area (Å²) in [5.41, 5.74) is 0.799. The van der Waals surface area contributed by atoms with Gasteiger partial charge >= 0.3 is 0 Å². The summed E-state index contributed by atoms with van der Waals surface area (Å²) in [5.74, 6) is 2.72. The third-order valence-electron chi connectivity index (χ3n) is 4.54. The van der Waals surface area contributed by atoms with E-state index in [9.17, 15) is 0 Å². The van der Waals surface area contributed by atoms with Gasteiger partial charge in [0.25, 0.3) is 0 Å². The molecule has 1 aliphatic heterocycles. The molecule has 7 nitrogen and oxygen atoms in total. The highest BCUT2D eigenvalue weighted by Crippen LogP contribution is 2.40. The first kappa shape index (κ1) is 19.3. The lowest BCUT2D eigenvalue weighted by Gasteiger charge is -2.35. The van der Waals surface area contributed by atoms with Crippen molar-refractivity contribution in [2.45, 2.75) is 6.54 Å². The SMILES string of the molecule is COc1cc(NC(=S)N2CCN(Cc3ccco3)CC2)cc(OC)c1OC. The second-order valence-electron chi connectivity index (χ2n) is 6.19. The highest BCUT2D eigenvalue weighted by Gasteiger charge is 2.21. The third-order valence-corrected chi connectivity index (χ3v) is 4.90. The molecule has 1 saturated heterocycles. The first-order chi connectivity index (χ1) is 13.1. The maximum atomic E-state index is 5.60. The van der Waals surface area contributed by atoms with Crippen molar-refractivity contribution in [1.82, 2.24) is 9.80 Å². The predicted octanol–water partition coefficient (Wildman–Crippen LogP) is 2.82. The van der Waals surface area contributed by atoms with E-state index >= 15 is 0 Å². The third kappa shape index (κ3) is 4.64. The van der Waals surface area contributed by atoms with Gasteiger partial charge in [-0.05, 0) is 24.4 Å². The first-order valence-electron chi connectivity index (χ1n) is 8.75. The van der Waals surface area contributed by atoms with E-state index in [2.05, 4.69) is 15.1 Å². The second kappa shape index (κ2) is 8.96. The zero-order chi connectivity index (χ0) is 19.2. The van der Waals surface area contributed by atoms with E-state index in [0.29, 0.717) is 22.4 Å². The van der Waals surface area contributed by atoms with Gasteiger partial charge in [-0.15, -0.1) is 0 Å². The monoisotopic (exact) mass is 391 g/mol. The smallest absolute Gasteiger partial charge is 0.203 e. The van der Waals surface area contributed by atoms with Gasteiger partial charge in [0.05, 0.1) is 34.1 Å². The van der Waals surface area contributed by atoms with Gasteiger partial charge < -0.3 is 28.8 Å². The topological polar surface area (TPSA) is 59.3 Å². The lowest BCUT2D eigenvalue weighted by Crippen LogP contribution is -2.49. The van der Waals surface area contributed by atoms with Crippen molar-refractivity contribution >= 4 is 23.0 Å². The summed E-state index contributed by atoms with van der Waals surface area (Å²) in [6, 6.07) is 7.62. The molecule has 0 bridgehead atoms. The van der Waals surface area contributed by atoms with Gasteiger partial charge in [0.1, 0.15) is 5.76 Å². The molecule has 3 rings (SSSR count). The normalized spacial score (nSPS) is 14.7. The van der Waals surface area contributed by atoms with Gasteiger partial charge in [0.15, 0.2) is 16.6 Å². The number of hydrogen-bond acceptors (Lipinski definition) is 6. The van der Waals surface area contributed by atoms with Crippen LogP contribution in [0.1, 0.15) is 5.76 Å². The number of hydrogen-bond donors (Lipinski definition) is 1. The maximum Gasteiger partial charge on any atom is 0.203 e. The number of methoxy groups -OCH3 is 3. The van der Waals surface area contributed by atoms with E-state index in [4.69, 9.17) is 30.8 Å². The van der Waals surface area contributed by atoms with Gasteiger partial charge in [0.2, 0.25) is 5.75 Å². The minimum Gasteiger partial charge on any atom is -0.493 e. The standard InChI is InChI=1S/C19H25N3O4S/c1-23-16-11-14(12-17(24-2)18(16)25-3)20-19(27)22-8-6-21(7-9-22)13-15-5-4-10-26-15/h4-5,10-12H,6-9,13H2,1-3H3,(H,20,27). The van der Waals surface area contributed by atoms with Crippen LogP contribution in [-0.2, 0) is 6.54 Å². The molecule has 0 unspecified atom stereocenters. The van der Waals surface area contributed by atoms with Gasteiger partial charge in [-0.1, -0.05) is 0 Å². The van der Waals surface area contributed by atoms with Crippen molar-refractivity contribution in [3.8, 4) is 17.2 Å². The fourth-order valence-corrected chi connectivity index (χ4v) is 3.39. The summed E-state index contributed by atoms with van der Waals surface area (Å²) in [6.45, 7) is 4.40. The van der Waals surface area contributed by atoms with Crippen LogP contribution in [0.3, 0.4) is 0 Å². The molecule has 0 spiro atoms. The van der Waals surface area contributed by atoms with Crippen molar-refractivity contribution in [3.05, 3.63) is 36.3 Å². The lowest BCUT2D eigenvalue weighted by atomic mass is 10.2. The van der Waals surface area contributed by atoms with Crippen molar-refractivity contribution in [2.24, 2.45) is 0 Å². The van der Waals surface area contributed by atoms with Gasteiger partial charge in [-0.25, -0.2) is 0 Å². The molecule has 8 heteroatoms. The summed E-state index contributed by atoms with van der Waals surface area (Å²) in [4.78, 5) is 4.52. The molecule has 2 heterocycles. The number of nitrogens with zero attached hydrogens (tertiary/aromatic N) is 2. The number of nitrogens with one attached hydrogen (secondary N) is 1. The Balaban J connectivity index is 1.59. The Hall–Kier alpha value is -2.45. The molecule has 0 saturated carbocycles. The summed E-state index contributed by atoms with van der Waals surface area (Å²) >= 11 is 5.60. The summed E-state index contributed by atoms with van der Waals surface area (Å²) in [6.07, 6.45) is 1.71. The van der Waals surface area contributed by atoms with Crippen molar-refractivity contribution in [3.63, 3.8) is 0 Å². The average Bonchev–Trinajstić information content (AvgIpc) is 3.20. The number of furan rings is 1. The Morgan fingerprint density at radius 1 is 1.07 bits per heavy atom. The van der Waals surface area contributed by atoms with Crippen LogP contribution in [0.5, 0.6) is 17.2 Å². The minimum absolute atomic E-state index is 0.558. The largest absolute Gasteiger partial charge is 0.493 e. The number of rotatable bonds is 6. The van der Waals surface area contributed by atoms with Crippen LogP contribution in [0, 0.1) is 0 Å². The number of ether oxygens (including phenoxy) is 3. The Kier molecular flexibility index (Phi) is 6.41. The molecule has 1 aromatic carbocycles. The quantitative estimate of drug-likeness (QED) is 0.755. The zero-order valence-corrected chi connectivity index (χ0v) is 16.7. The first-order valence-corrected chi connectivity index (χ1v) is 9.16. The van der Waals surface area contributed by atoms with Crippen LogP contribution in [0.4, 0.5) is 5.69 Å².